The number of aromatic nitrogens is 1. The van der Waals surface area contributed by atoms with E-state index in [9.17, 15) is 0 Å². The fourth-order valence-corrected chi connectivity index (χ4v) is 3.54. The Labute approximate surface area is 115 Å². The molecule has 0 radical (unpaired) electrons. The van der Waals surface area contributed by atoms with Crippen molar-refractivity contribution in [1.29, 1.82) is 0 Å². The summed E-state index contributed by atoms with van der Waals surface area (Å²) in [7, 11) is 0. The van der Waals surface area contributed by atoms with Gasteiger partial charge in [0.05, 0.1) is 5.01 Å². The quantitative estimate of drug-likeness (QED) is 0.887. The zero-order chi connectivity index (χ0) is 13.2. The summed E-state index contributed by atoms with van der Waals surface area (Å²) >= 11 is 1.85. The average molecular weight is 266 g/mol. The van der Waals surface area contributed by atoms with E-state index >= 15 is 0 Å². The van der Waals surface area contributed by atoms with Gasteiger partial charge in [0, 0.05) is 29.1 Å². The van der Waals surface area contributed by atoms with Crippen molar-refractivity contribution < 1.29 is 0 Å². The minimum atomic E-state index is 0.181. The summed E-state index contributed by atoms with van der Waals surface area (Å²) in [5, 5.41) is 4.92. The molecule has 1 atom stereocenters. The predicted molar refractivity (Wildman–Crippen MR) is 79.1 cm³/mol. The Hall–Kier alpha value is -0.410. The summed E-state index contributed by atoms with van der Waals surface area (Å²) in [5.41, 5.74) is 0.181. The normalized spacial score (nSPS) is 19.3. The van der Waals surface area contributed by atoms with Gasteiger partial charge in [0.25, 0.3) is 0 Å². The van der Waals surface area contributed by atoms with E-state index in [1.54, 1.807) is 0 Å². The third-order valence-corrected chi connectivity index (χ3v) is 5.32. The van der Waals surface area contributed by atoms with Crippen LogP contribution < -0.4 is 5.32 Å². The zero-order valence-corrected chi connectivity index (χ0v) is 12.9. The molecule has 102 valence electrons. The first-order valence-corrected chi connectivity index (χ1v) is 7.97. The van der Waals surface area contributed by atoms with Crippen LogP contribution in [0.5, 0.6) is 0 Å². The summed E-state index contributed by atoms with van der Waals surface area (Å²) in [4.78, 5) is 5.91. The van der Waals surface area contributed by atoms with Crippen LogP contribution >= 0.6 is 11.3 Å². The SMILES string of the molecule is CC(NCc1cnc(C(C)(C)C)s1)C1CCCC1. The second-order valence-electron chi connectivity index (χ2n) is 6.60. The van der Waals surface area contributed by atoms with Crippen LogP contribution in [0.25, 0.3) is 0 Å². The highest BCUT2D eigenvalue weighted by atomic mass is 32.1. The van der Waals surface area contributed by atoms with E-state index in [-0.39, 0.29) is 5.41 Å². The van der Waals surface area contributed by atoms with E-state index in [4.69, 9.17) is 0 Å². The molecule has 1 aliphatic carbocycles. The maximum absolute atomic E-state index is 4.54. The highest BCUT2D eigenvalue weighted by Gasteiger charge is 2.22. The van der Waals surface area contributed by atoms with Crippen LogP contribution in [0.1, 0.15) is 63.3 Å². The van der Waals surface area contributed by atoms with Crippen molar-refractivity contribution in [1.82, 2.24) is 10.3 Å². The second kappa shape index (κ2) is 5.70. The summed E-state index contributed by atoms with van der Waals surface area (Å²) in [6, 6.07) is 0.646. The van der Waals surface area contributed by atoms with Crippen LogP contribution in [0.2, 0.25) is 0 Å². The lowest BCUT2D eigenvalue weighted by Gasteiger charge is -2.19. The number of nitrogens with one attached hydrogen (secondary N) is 1. The minimum Gasteiger partial charge on any atom is -0.309 e. The Morgan fingerprint density at radius 2 is 2.06 bits per heavy atom. The van der Waals surface area contributed by atoms with Crippen molar-refractivity contribution in [3.63, 3.8) is 0 Å². The molecule has 0 saturated heterocycles. The Morgan fingerprint density at radius 3 is 2.61 bits per heavy atom. The molecule has 2 rings (SSSR count). The largest absolute Gasteiger partial charge is 0.309 e. The van der Waals surface area contributed by atoms with Gasteiger partial charge in [0.2, 0.25) is 0 Å². The molecule has 1 aliphatic rings. The Kier molecular flexibility index (Phi) is 4.44. The van der Waals surface area contributed by atoms with Gasteiger partial charge in [0.1, 0.15) is 0 Å². The van der Waals surface area contributed by atoms with Gasteiger partial charge in [-0.25, -0.2) is 4.98 Å². The molecule has 0 spiro atoms. The summed E-state index contributed by atoms with van der Waals surface area (Å²) < 4.78 is 0. The van der Waals surface area contributed by atoms with Gasteiger partial charge in [-0.3, -0.25) is 0 Å². The topological polar surface area (TPSA) is 24.9 Å². The van der Waals surface area contributed by atoms with Crippen molar-refractivity contribution in [3.8, 4) is 0 Å². The molecule has 0 bridgehead atoms. The number of rotatable bonds is 4. The van der Waals surface area contributed by atoms with Gasteiger partial charge in [-0.15, -0.1) is 11.3 Å². The maximum Gasteiger partial charge on any atom is 0.0981 e. The molecule has 0 aliphatic heterocycles. The van der Waals surface area contributed by atoms with E-state index < -0.39 is 0 Å². The lowest BCUT2D eigenvalue weighted by atomic mass is 9.98. The Balaban J connectivity index is 1.84. The van der Waals surface area contributed by atoms with Crippen molar-refractivity contribution in [2.24, 2.45) is 5.92 Å². The fourth-order valence-electron chi connectivity index (χ4n) is 2.62. The van der Waals surface area contributed by atoms with Crippen LogP contribution in [0.4, 0.5) is 0 Å². The molecule has 3 heteroatoms. The number of hydrogen-bond acceptors (Lipinski definition) is 3. The monoisotopic (exact) mass is 266 g/mol. The van der Waals surface area contributed by atoms with E-state index in [2.05, 4.69) is 38.0 Å². The molecule has 1 heterocycles. The summed E-state index contributed by atoms with van der Waals surface area (Å²) in [6.07, 6.45) is 7.70. The van der Waals surface area contributed by atoms with Gasteiger partial charge >= 0.3 is 0 Å². The predicted octanol–water partition coefficient (Wildman–Crippen LogP) is 4.11. The standard InChI is InChI=1S/C15H26N2S/c1-11(12-7-5-6-8-12)16-9-13-10-17-14(18-13)15(2,3)4/h10-12,16H,5-9H2,1-4H3. The van der Waals surface area contributed by atoms with E-state index in [0.717, 1.165) is 12.5 Å². The third kappa shape index (κ3) is 3.55. The highest BCUT2D eigenvalue weighted by molar-refractivity contribution is 7.11. The molecule has 2 nitrogen and oxygen atoms in total. The van der Waals surface area contributed by atoms with Crippen LogP contribution in [0, 0.1) is 5.92 Å². The highest BCUT2D eigenvalue weighted by Crippen LogP contribution is 2.29. The third-order valence-electron chi connectivity index (χ3n) is 3.90. The minimum absolute atomic E-state index is 0.181. The molecule has 1 aromatic rings. The molecular weight excluding hydrogens is 240 g/mol. The van der Waals surface area contributed by atoms with E-state index in [1.807, 2.05) is 17.5 Å². The van der Waals surface area contributed by atoms with Gasteiger partial charge in [-0.05, 0) is 25.7 Å². The van der Waals surface area contributed by atoms with Gasteiger partial charge in [0.15, 0.2) is 0 Å². The molecular formula is C15H26N2S. The van der Waals surface area contributed by atoms with E-state index in [0.29, 0.717) is 6.04 Å². The summed E-state index contributed by atoms with van der Waals surface area (Å²) in [5.74, 6) is 0.889. The molecule has 1 aromatic heterocycles. The molecule has 1 N–H and O–H groups in total. The van der Waals surface area contributed by atoms with Gasteiger partial charge in [-0.2, -0.15) is 0 Å². The molecule has 0 aromatic carbocycles. The second-order valence-corrected chi connectivity index (χ2v) is 7.71. The molecule has 1 fully saturated rings. The summed E-state index contributed by atoms with van der Waals surface area (Å²) in [6.45, 7) is 9.99. The Bertz CT molecular complexity index is 372. The number of thiazole rings is 1. The average Bonchev–Trinajstić information content (AvgIpc) is 2.96. The van der Waals surface area contributed by atoms with Crippen LogP contribution in [-0.2, 0) is 12.0 Å². The molecule has 1 unspecified atom stereocenters. The Morgan fingerprint density at radius 1 is 1.39 bits per heavy atom. The van der Waals surface area contributed by atoms with E-state index in [1.165, 1.54) is 35.6 Å². The van der Waals surface area contributed by atoms with Gasteiger partial charge in [-0.1, -0.05) is 33.6 Å². The number of hydrogen-bond donors (Lipinski definition) is 1. The first kappa shape index (κ1) is 14.0. The van der Waals surface area contributed by atoms with Crippen molar-refractivity contribution in [2.75, 3.05) is 0 Å². The van der Waals surface area contributed by atoms with Gasteiger partial charge < -0.3 is 5.32 Å². The maximum atomic E-state index is 4.54. The lowest BCUT2D eigenvalue weighted by Crippen LogP contribution is -2.31. The zero-order valence-electron chi connectivity index (χ0n) is 12.1. The lowest BCUT2D eigenvalue weighted by molar-refractivity contribution is 0.381. The van der Waals surface area contributed by atoms with Crippen LogP contribution in [0.15, 0.2) is 6.20 Å². The van der Waals surface area contributed by atoms with Crippen LogP contribution in [-0.4, -0.2) is 11.0 Å². The smallest absolute Gasteiger partial charge is 0.0981 e. The fraction of sp³-hybridized carbons (Fsp3) is 0.800. The van der Waals surface area contributed by atoms with Crippen molar-refractivity contribution >= 4 is 11.3 Å². The molecule has 1 saturated carbocycles. The van der Waals surface area contributed by atoms with Crippen molar-refractivity contribution in [2.45, 2.75) is 71.4 Å². The molecule has 0 amide bonds. The van der Waals surface area contributed by atoms with Crippen LogP contribution in [0.3, 0.4) is 0 Å². The first-order valence-electron chi connectivity index (χ1n) is 7.15. The molecule has 18 heavy (non-hydrogen) atoms. The number of nitrogens with zero attached hydrogens (tertiary/aromatic N) is 1. The first-order chi connectivity index (χ1) is 8.47. The van der Waals surface area contributed by atoms with Crippen molar-refractivity contribution in [3.05, 3.63) is 16.1 Å².